The first-order valence-electron chi connectivity index (χ1n) is 11.4. The van der Waals surface area contributed by atoms with Crippen LogP contribution >= 0.6 is 0 Å². The summed E-state index contributed by atoms with van der Waals surface area (Å²) in [6.45, 7) is 0.742. The molecule has 0 aromatic heterocycles. The number of guanidine groups is 1. The van der Waals surface area contributed by atoms with Crippen LogP contribution in [0.1, 0.15) is 51.4 Å². The lowest BCUT2D eigenvalue weighted by Gasteiger charge is -2.24. The number of nitrogens with zero attached hydrogens (tertiary/aromatic N) is 1. The van der Waals surface area contributed by atoms with Gasteiger partial charge in [0.1, 0.15) is 18.1 Å². The van der Waals surface area contributed by atoms with E-state index >= 15 is 0 Å². The first kappa shape index (κ1) is 31.0. The second-order valence-electron chi connectivity index (χ2n) is 7.80. The van der Waals surface area contributed by atoms with E-state index in [4.69, 9.17) is 28.7 Å². The summed E-state index contributed by atoms with van der Waals surface area (Å²) in [7, 11) is 0. The van der Waals surface area contributed by atoms with Crippen molar-refractivity contribution in [3.05, 3.63) is 0 Å². The molecule has 0 aromatic rings. The van der Waals surface area contributed by atoms with Crippen LogP contribution in [0.15, 0.2) is 4.99 Å². The van der Waals surface area contributed by atoms with Gasteiger partial charge in [0.05, 0.1) is 6.54 Å². The van der Waals surface area contributed by atoms with Crippen molar-refractivity contribution in [1.82, 2.24) is 16.0 Å². The summed E-state index contributed by atoms with van der Waals surface area (Å²) in [5.41, 5.74) is 26.9. The normalized spacial score (nSPS) is 13.3. The van der Waals surface area contributed by atoms with E-state index < -0.39 is 41.8 Å². The van der Waals surface area contributed by atoms with Crippen LogP contribution in [-0.2, 0) is 19.2 Å². The molecule has 3 unspecified atom stereocenters. The van der Waals surface area contributed by atoms with E-state index in [2.05, 4.69) is 20.9 Å². The molecule has 0 aromatic carbocycles. The maximum atomic E-state index is 12.9. The fourth-order valence-electron chi connectivity index (χ4n) is 3.08. The number of hydrogen-bond donors (Lipinski definition) is 9. The summed E-state index contributed by atoms with van der Waals surface area (Å²) in [6.07, 6.45) is 3.33. The molecule has 0 spiro atoms. The van der Waals surface area contributed by atoms with Gasteiger partial charge in [0, 0.05) is 6.54 Å². The number of unbranched alkanes of at least 4 members (excludes halogenated alkanes) is 2. The fraction of sp³-hybridized carbons (Fsp3) is 0.750. The first-order valence-corrected chi connectivity index (χ1v) is 11.4. The number of aliphatic carboxylic acids is 1. The standard InChI is InChI=1S/C20H41N9O5/c21-9-3-1-6-14(18(32)29-15(19(33)34)7-2-4-10-22)28-17(31)13(27-16(30)12-23)8-5-11-26-20(24)25/h13-15H,1-12,21-23H2,(H,27,30)(H,28,31)(H,29,32)(H,33,34)(H4,24,25,26). The molecule has 0 aliphatic heterocycles. The minimum atomic E-state index is -1.18. The van der Waals surface area contributed by atoms with Gasteiger partial charge in [0.15, 0.2) is 5.96 Å². The number of carbonyl (C=O) groups excluding carboxylic acids is 3. The second-order valence-corrected chi connectivity index (χ2v) is 7.80. The van der Waals surface area contributed by atoms with Gasteiger partial charge in [-0.05, 0) is 64.5 Å². The van der Waals surface area contributed by atoms with Crippen molar-refractivity contribution in [1.29, 1.82) is 0 Å². The highest BCUT2D eigenvalue weighted by Crippen LogP contribution is 2.07. The SMILES string of the molecule is NCCCCC(NC(=O)C(CCCCN)NC(=O)C(CCCN=C(N)N)NC(=O)CN)C(=O)O. The van der Waals surface area contributed by atoms with E-state index in [9.17, 15) is 24.3 Å². The Labute approximate surface area is 199 Å². The van der Waals surface area contributed by atoms with Crippen molar-refractivity contribution < 1.29 is 24.3 Å². The lowest BCUT2D eigenvalue weighted by molar-refractivity contribution is -0.142. The minimum Gasteiger partial charge on any atom is -0.480 e. The predicted molar refractivity (Wildman–Crippen MR) is 128 cm³/mol. The van der Waals surface area contributed by atoms with Crippen molar-refractivity contribution in [2.45, 2.75) is 69.5 Å². The summed E-state index contributed by atoms with van der Waals surface area (Å²) in [5.74, 6) is -3.05. The van der Waals surface area contributed by atoms with Crippen molar-refractivity contribution in [2.24, 2.45) is 33.7 Å². The summed E-state index contributed by atoms with van der Waals surface area (Å²) in [6, 6.07) is -3.10. The van der Waals surface area contributed by atoms with Gasteiger partial charge in [0.25, 0.3) is 0 Å². The quantitative estimate of drug-likeness (QED) is 0.0500. The molecule has 0 aliphatic carbocycles. The molecule has 0 saturated carbocycles. The molecule has 14 N–H and O–H groups in total. The van der Waals surface area contributed by atoms with Crippen molar-refractivity contribution in [2.75, 3.05) is 26.2 Å². The van der Waals surface area contributed by atoms with Gasteiger partial charge < -0.3 is 49.7 Å². The van der Waals surface area contributed by atoms with Crippen LogP contribution in [0.5, 0.6) is 0 Å². The van der Waals surface area contributed by atoms with Crippen LogP contribution in [0.2, 0.25) is 0 Å². The third-order valence-corrected chi connectivity index (χ3v) is 4.92. The van der Waals surface area contributed by atoms with Gasteiger partial charge in [-0.25, -0.2) is 4.79 Å². The molecule has 0 heterocycles. The maximum absolute atomic E-state index is 12.9. The number of rotatable bonds is 19. The minimum absolute atomic E-state index is 0.0944. The van der Waals surface area contributed by atoms with Crippen molar-refractivity contribution >= 4 is 29.7 Å². The second kappa shape index (κ2) is 18.5. The Hall–Kier alpha value is -2.97. The predicted octanol–water partition coefficient (Wildman–Crippen LogP) is -3.20. The average Bonchev–Trinajstić information content (AvgIpc) is 2.79. The number of aliphatic imine (C=N–C) groups is 1. The molecular weight excluding hydrogens is 446 g/mol. The molecular formula is C20H41N9O5. The van der Waals surface area contributed by atoms with Crippen LogP contribution in [-0.4, -0.2) is 79.1 Å². The van der Waals surface area contributed by atoms with E-state index in [0.717, 1.165) is 0 Å². The van der Waals surface area contributed by atoms with Crippen LogP contribution < -0.4 is 44.6 Å². The van der Waals surface area contributed by atoms with Gasteiger partial charge in [0.2, 0.25) is 17.7 Å². The molecule has 0 aliphatic rings. The van der Waals surface area contributed by atoms with Gasteiger partial charge in [-0.3, -0.25) is 19.4 Å². The van der Waals surface area contributed by atoms with E-state index in [-0.39, 0.29) is 38.3 Å². The van der Waals surface area contributed by atoms with Crippen LogP contribution in [0.25, 0.3) is 0 Å². The molecule has 196 valence electrons. The summed E-state index contributed by atoms with van der Waals surface area (Å²) < 4.78 is 0. The summed E-state index contributed by atoms with van der Waals surface area (Å²) in [4.78, 5) is 53.0. The molecule has 14 heteroatoms. The van der Waals surface area contributed by atoms with Crippen molar-refractivity contribution in [3.8, 4) is 0 Å². The molecule has 0 rings (SSSR count). The Morgan fingerprint density at radius 2 is 1.18 bits per heavy atom. The first-order chi connectivity index (χ1) is 16.2. The number of carboxylic acids is 1. The number of carbonyl (C=O) groups is 4. The highest BCUT2D eigenvalue weighted by Gasteiger charge is 2.29. The van der Waals surface area contributed by atoms with Crippen LogP contribution in [0, 0.1) is 0 Å². The Kier molecular flexibility index (Phi) is 16.8. The third kappa shape index (κ3) is 14.2. The molecule has 0 saturated heterocycles. The van der Waals surface area contributed by atoms with Gasteiger partial charge in [-0.15, -0.1) is 0 Å². The van der Waals surface area contributed by atoms with Crippen molar-refractivity contribution in [3.63, 3.8) is 0 Å². The van der Waals surface area contributed by atoms with E-state index in [1.807, 2.05) is 0 Å². The largest absolute Gasteiger partial charge is 0.480 e. The van der Waals surface area contributed by atoms with Gasteiger partial charge in [-0.1, -0.05) is 0 Å². The monoisotopic (exact) mass is 487 g/mol. The lowest BCUT2D eigenvalue weighted by Crippen LogP contribution is -2.56. The summed E-state index contributed by atoms with van der Waals surface area (Å²) in [5, 5.41) is 17.1. The molecule has 3 amide bonds. The van der Waals surface area contributed by atoms with Gasteiger partial charge in [-0.2, -0.15) is 0 Å². The topological polar surface area (TPSA) is 267 Å². The molecule has 0 radical (unpaired) electrons. The van der Waals surface area contributed by atoms with E-state index in [1.54, 1.807) is 0 Å². The number of hydrogen-bond acceptors (Lipinski definition) is 8. The molecule has 3 atom stereocenters. The smallest absolute Gasteiger partial charge is 0.326 e. The highest BCUT2D eigenvalue weighted by atomic mass is 16.4. The van der Waals surface area contributed by atoms with Crippen LogP contribution in [0.3, 0.4) is 0 Å². The van der Waals surface area contributed by atoms with E-state index in [1.165, 1.54) is 0 Å². The Balaban J connectivity index is 5.35. The van der Waals surface area contributed by atoms with E-state index in [0.29, 0.717) is 45.2 Å². The Bertz CT molecular complexity index is 671. The average molecular weight is 488 g/mol. The Morgan fingerprint density at radius 3 is 1.65 bits per heavy atom. The maximum Gasteiger partial charge on any atom is 0.326 e. The molecule has 14 nitrogen and oxygen atoms in total. The number of nitrogens with two attached hydrogens (primary N) is 5. The number of amides is 3. The lowest BCUT2D eigenvalue weighted by atomic mass is 10.0. The van der Waals surface area contributed by atoms with Gasteiger partial charge >= 0.3 is 5.97 Å². The molecule has 34 heavy (non-hydrogen) atoms. The zero-order valence-electron chi connectivity index (χ0n) is 19.6. The highest BCUT2D eigenvalue weighted by molar-refractivity contribution is 5.93. The zero-order valence-corrected chi connectivity index (χ0v) is 19.6. The molecule has 0 fully saturated rings. The molecule has 0 bridgehead atoms. The fourth-order valence-corrected chi connectivity index (χ4v) is 3.08. The third-order valence-electron chi connectivity index (χ3n) is 4.92. The van der Waals surface area contributed by atoms with Crippen LogP contribution in [0.4, 0.5) is 0 Å². The zero-order chi connectivity index (χ0) is 25.9. The number of carboxylic acid groups (broad SMARTS) is 1. The summed E-state index contributed by atoms with van der Waals surface area (Å²) >= 11 is 0. The Morgan fingerprint density at radius 1 is 0.706 bits per heavy atom. The number of nitrogens with one attached hydrogen (secondary N) is 3.